The highest BCUT2D eigenvalue weighted by Gasteiger charge is 2.19. The number of amides is 1. The van der Waals surface area contributed by atoms with E-state index in [-0.39, 0.29) is 10.5 Å². The van der Waals surface area contributed by atoms with Crippen molar-refractivity contribution in [2.45, 2.75) is 11.8 Å². The van der Waals surface area contributed by atoms with Crippen molar-refractivity contribution in [2.24, 2.45) is 0 Å². The van der Waals surface area contributed by atoms with E-state index in [1.165, 1.54) is 6.92 Å². The van der Waals surface area contributed by atoms with Crippen LogP contribution in [0.4, 0.5) is 18.9 Å². The quantitative estimate of drug-likeness (QED) is 0.861. The van der Waals surface area contributed by atoms with Crippen molar-refractivity contribution in [3.63, 3.8) is 0 Å². The van der Waals surface area contributed by atoms with E-state index in [9.17, 15) is 26.4 Å². The molecule has 2 aromatic carbocycles. The van der Waals surface area contributed by atoms with E-state index in [2.05, 4.69) is 0 Å². The van der Waals surface area contributed by atoms with Gasteiger partial charge in [0.25, 0.3) is 0 Å². The maximum atomic E-state index is 13.4. The summed E-state index contributed by atoms with van der Waals surface area (Å²) in [6.45, 7) is 0.652. The lowest BCUT2D eigenvalue weighted by Crippen LogP contribution is -2.33. The maximum Gasteiger partial charge on any atom is 0.241 e. The van der Waals surface area contributed by atoms with E-state index in [1.807, 2.05) is 10.0 Å². The van der Waals surface area contributed by atoms with Gasteiger partial charge < -0.3 is 5.32 Å². The second kappa shape index (κ2) is 7.02. The molecule has 0 fully saturated rings. The number of rotatable bonds is 5. The van der Waals surface area contributed by atoms with E-state index in [1.54, 1.807) is 0 Å². The first kappa shape index (κ1) is 18.0. The van der Waals surface area contributed by atoms with Gasteiger partial charge in [0.15, 0.2) is 0 Å². The number of aryl methyl sites for hydroxylation is 1. The number of carbonyl (C=O) groups is 1. The van der Waals surface area contributed by atoms with E-state index >= 15 is 0 Å². The first-order chi connectivity index (χ1) is 11.2. The molecule has 128 valence electrons. The minimum absolute atomic E-state index is 0.156. The Balaban J connectivity index is 2.08. The molecule has 2 rings (SSSR count). The molecule has 0 spiro atoms. The lowest BCUT2D eigenvalue weighted by Gasteiger charge is -2.10. The van der Waals surface area contributed by atoms with Gasteiger partial charge in [-0.15, -0.1) is 0 Å². The number of halogens is 3. The molecule has 0 atom stereocenters. The zero-order valence-corrected chi connectivity index (χ0v) is 13.3. The van der Waals surface area contributed by atoms with Crippen molar-refractivity contribution in [1.29, 1.82) is 0 Å². The van der Waals surface area contributed by atoms with Gasteiger partial charge in [-0.2, -0.15) is 0 Å². The fraction of sp³-hybridized carbons (Fsp3) is 0.133. The second-order valence-corrected chi connectivity index (χ2v) is 6.61. The van der Waals surface area contributed by atoms with Crippen molar-refractivity contribution >= 4 is 21.6 Å². The third kappa shape index (κ3) is 4.12. The molecule has 0 radical (unpaired) electrons. The summed E-state index contributed by atoms with van der Waals surface area (Å²) in [5.74, 6) is -3.53. The van der Waals surface area contributed by atoms with Crippen LogP contribution >= 0.6 is 0 Å². The van der Waals surface area contributed by atoms with Gasteiger partial charge in [-0.3, -0.25) is 4.79 Å². The lowest BCUT2D eigenvalue weighted by molar-refractivity contribution is -0.115. The Morgan fingerprint density at radius 2 is 1.71 bits per heavy atom. The van der Waals surface area contributed by atoms with Crippen molar-refractivity contribution < 1.29 is 26.4 Å². The molecule has 5 nitrogen and oxygen atoms in total. The molecular weight excluding hydrogens is 345 g/mol. The van der Waals surface area contributed by atoms with Gasteiger partial charge >= 0.3 is 0 Å². The first-order valence-electron chi connectivity index (χ1n) is 6.70. The standard InChI is InChI=1S/C15H13F3N2O3S/c1-9-7-10(16)5-6-13(9)24(22,23)19-8-14(21)20-15-11(17)3-2-4-12(15)18/h2-7,19H,8H2,1H3,(H,20,21). The summed E-state index contributed by atoms with van der Waals surface area (Å²) in [5, 5.41) is 1.95. The Hall–Kier alpha value is -2.39. The predicted molar refractivity (Wildman–Crippen MR) is 81.3 cm³/mol. The van der Waals surface area contributed by atoms with Crippen molar-refractivity contribution in [3.05, 3.63) is 59.4 Å². The highest BCUT2D eigenvalue weighted by Crippen LogP contribution is 2.18. The summed E-state index contributed by atoms with van der Waals surface area (Å²) in [6.07, 6.45) is 0. The first-order valence-corrected chi connectivity index (χ1v) is 8.18. The van der Waals surface area contributed by atoms with E-state index in [0.29, 0.717) is 0 Å². The number of hydrogen-bond donors (Lipinski definition) is 2. The molecular formula is C15H13F3N2O3S. The van der Waals surface area contributed by atoms with Crippen LogP contribution in [-0.2, 0) is 14.8 Å². The number of sulfonamides is 1. The average molecular weight is 358 g/mol. The molecule has 0 aromatic heterocycles. The summed E-state index contributed by atoms with van der Waals surface area (Å²) < 4.78 is 66.0. The zero-order chi connectivity index (χ0) is 17.9. The Morgan fingerprint density at radius 1 is 1.08 bits per heavy atom. The van der Waals surface area contributed by atoms with E-state index in [4.69, 9.17) is 0 Å². The van der Waals surface area contributed by atoms with Crippen LogP contribution in [0.1, 0.15) is 5.56 Å². The van der Waals surface area contributed by atoms with Crippen LogP contribution in [0.2, 0.25) is 0 Å². The predicted octanol–water partition coefficient (Wildman–Crippen LogP) is 2.33. The van der Waals surface area contributed by atoms with Crippen LogP contribution in [-0.4, -0.2) is 20.9 Å². The van der Waals surface area contributed by atoms with Gasteiger partial charge in [0.05, 0.1) is 11.4 Å². The molecule has 0 unspecified atom stereocenters. The van der Waals surface area contributed by atoms with E-state index < -0.39 is 45.6 Å². The van der Waals surface area contributed by atoms with Crippen molar-refractivity contribution in [1.82, 2.24) is 4.72 Å². The van der Waals surface area contributed by atoms with Gasteiger partial charge in [-0.05, 0) is 42.8 Å². The Bertz CT molecular complexity index is 865. The number of hydrogen-bond acceptors (Lipinski definition) is 3. The van der Waals surface area contributed by atoms with Crippen LogP contribution < -0.4 is 10.0 Å². The smallest absolute Gasteiger partial charge is 0.241 e. The molecule has 0 aliphatic carbocycles. The van der Waals surface area contributed by atoms with Gasteiger partial charge in [0.1, 0.15) is 23.1 Å². The molecule has 24 heavy (non-hydrogen) atoms. The number of nitrogens with one attached hydrogen (secondary N) is 2. The summed E-state index contributed by atoms with van der Waals surface area (Å²) in [4.78, 5) is 11.5. The summed E-state index contributed by atoms with van der Waals surface area (Å²) >= 11 is 0. The highest BCUT2D eigenvalue weighted by atomic mass is 32.2. The normalized spacial score (nSPS) is 11.3. The third-order valence-corrected chi connectivity index (χ3v) is 4.64. The summed E-state index contributed by atoms with van der Waals surface area (Å²) in [6, 6.07) is 6.08. The Labute approximate surface area is 136 Å². The second-order valence-electron chi connectivity index (χ2n) is 4.88. The topological polar surface area (TPSA) is 75.3 Å². The Morgan fingerprint density at radius 3 is 2.29 bits per heavy atom. The monoisotopic (exact) mass is 358 g/mol. The SMILES string of the molecule is Cc1cc(F)ccc1S(=O)(=O)NCC(=O)Nc1c(F)cccc1F. The summed E-state index contributed by atoms with van der Waals surface area (Å²) in [7, 11) is -4.08. The van der Waals surface area contributed by atoms with Crippen LogP contribution in [0.3, 0.4) is 0 Å². The molecule has 0 aliphatic heterocycles. The number of carbonyl (C=O) groups excluding carboxylic acids is 1. The molecule has 0 saturated carbocycles. The minimum atomic E-state index is -4.08. The third-order valence-electron chi connectivity index (χ3n) is 3.08. The van der Waals surface area contributed by atoms with Crippen LogP contribution in [0.5, 0.6) is 0 Å². The molecule has 0 aliphatic rings. The van der Waals surface area contributed by atoms with Crippen molar-refractivity contribution in [3.8, 4) is 0 Å². The molecule has 9 heteroatoms. The van der Waals surface area contributed by atoms with Crippen LogP contribution in [0.15, 0.2) is 41.3 Å². The van der Waals surface area contributed by atoms with Crippen molar-refractivity contribution in [2.75, 3.05) is 11.9 Å². The van der Waals surface area contributed by atoms with Gasteiger partial charge in [-0.1, -0.05) is 6.07 Å². The molecule has 0 saturated heterocycles. The fourth-order valence-electron chi connectivity index (χ4n) is 1.95. The summed E-state index contributed by atoms with van der Waals surface area (Å²) in [5.41, 5.74) is -0.511. The molecule has 1 amide bonds. The molecule has 2 aromatic rings. The fourth-order valence-corrected chi connectivity index (χ4v) is 3.16. The van der Waals surface area contributed by atoms with Gasteiger partial charge in [0.2, 0.25) is 15.9 Å². The van der Waals surface area contributed by atoms with Gasteiger partial charge in [0, 0.05) is 0 Å². The van der Waals surface area contributed by atoms with Crippen LogP contribution in [0.25, 0.3) is 0 Å². The molecule has 0 heterocycles. The van der Waals surface area contributed by atoms with Gasteiger partial charge in [-0.25, -0.2) is 26.3 Å². The molecule has 2 N–H and O–H groups in total. The minimum Gasteiger partial charge on any atom is -0.320 e. The van der Waals surface area contributed by atoms with Crippen LogP contribution in [0, 0.1) is 24.4 Å². The zero-order valence-electron chi connectivity index (χ0n) is 12.4. The number of benzene rings is 2. The Kier molecular flexibility index (Phi) is 5.25. The highest BCUT2D eigenvalue weighted by molar-refractivity contribution is 7.89. The maximum absolute atomic E-state index is 13.4. The number of para-hydroxylation sites is 1. The van der Waals surface area contributed by atoms with E-state index in [0.717, 1.165) is 36.4 Å². The molecule has 0 bridgehead atoms. The average Bonchev–Trinajstić information content (AvgIpc) is 2.49. The lowest BCUT2D eigenvalue weighted by atomic mass is 10.2. The largest absolute Gasteiger partial charge is 0.320 e. The number of anilines is 1.